The number of hydrogen-bond donors (Lipinski definition) is 0. The molecule has 0 bridgehead atoms. The van der Waals surface area contributed by atoms with Gasteiger partial charge in [0.05, 0.1) is 13.0 Å². The molecule has 5 nitrogen and oxygen atoms in total. The predicted octanol–water partition coefficient (Wildman–Crippen LogP) is 4.61. The second-order valence-corrected chi connectivity index (χ2v) is 7.61. The van der Waals surface area contributed by atoms with Crippen molar-refractivity contribution in [3.63, 3.8) is 0 Å². The van der Waals surface area contributed by atoms with Gasteiger partial charge < -0.3 is 9.47 Å². The van der Waals surface area contributed by atoms with Crippen LogP contribution < -0.4 is 0 Å². The van der Waals surface area contributed by atoms with Crippen molar-refractivity contribution in [3.05, 3.63) is 0 Å². The van der Waals surface area contributed by atoms with Crippen molar-refractivity contribution in [2.24, 2.45) is 11.8 Å². The minimum Gasteiger partial charge on any atom is -0.469 e. The Kier molecular flexibility index (Phi) is 12.3. The van der Waals surface area contributed by atoms with Gasteiger partial charge in [0.1, 0.15) is 11.9 Å². The second-order valence-electron chi connectivity index (χ2n) is 7.61. The third-order valence-electron chi connectivity index (χ3n) is 5.27. The highest BCUT2D eigenvalue weighted by molar-refractivity contribution is 5.85. The first kappa shape index (κ1) is 24.2. The third kappa shape index (κ3) is 9.39. The monoisotopic (exact) mass is 392 g/mol. The highest BCUT2D eigenvalue weighted by atomic mass is 16.5. The summed E-state index contributed by atoms with van der Waals surface area (Å²) < 4.78 is 10.0. The summed E-state index contributed by atoms with van der Waals surface area (Å²) in [5.74, 6) is 5.79. The van der Waals surface area contributed by atoms with Crippen LogP contribution in [0.4, 0.5) is 0 Å². The van der Waals surface area contributed by atoms with E-state index in [-0.39, 0.29) is 36.0 Å². The average molecular weight is 393 g/mol. The zero-order chi connectivity index (χ0) is 20.8. The molecule has 0 unspecified atom stereocenters. The van der Waals surface area contributed by atoms with Crippen LogP contribution in [0.25, 0.3) is 0 Å². The number of rotatable bonds is 12. The van der Waals surface area contributed by atoms with Crippen LogP contribution in [0.2, 0.25) is 0 Å². The Morgan fingerprint density at radius 2 is 1.79 bits per heavy atom. The van der Waals surface area contributed by atoms with Crippen LogP contribution in [-0.4, -0.2) is 30.9 Å². The summed E-state index contributed by atoms with van der Waals surface area (Å²) in [5.41, 5.74) is 0. The van der Waals surface area contributed by atoms with Gasteiger partial charge in [0, 0.05) is 32.1 Å². The van der Waals surface area contributed by atoms with E-state index in [9.17, 15) is 14.4 Å². The fraction of sp³-hybridized carbons (Fsp3) is 0.783. The van der Waals surface area contributed by atoms with E-state index in [4.69, 9.17) is 4.74 Å². The molecule has 5 heteroatoms. The Hall–Kier alpha value is -1.83. The number of hydrogen-bond acceptors (Lipinski definition) is 5. The fourth-order valence-corrected chi connectivity index (χ4v) is 3.72. The van der Waals surface area contributed by atoms with E-state index < -0.39 is 6.10 Å². The maximum atomic E-state index is 12.5. The van der Waals surface area contributed by atoms with E-state index >= 15 is 0 Å². The zero-order valence-electron chi connectivity index (χ0n) is 17.8. The number of esters is 2. The number of carbonyl (C=O) groups is 3. The van der Waals surface area contributed by atoms with E-state index in [2.05, 4.69) is 23.5 Å². The summed E-state index contributed by atoms with van der Waals surface area (Å²) in [6.07, 6.45) is 10.2. The molecule has 0 radical (unpaired) electrons. The molecule has 1 rings (SSSR count). The van der Waals surface area contributed by atoms with Gasteiger partial charge in [-0.15, -0.1) is 5.92 Å². The van der Waals surface area contributed by atoms with Gasteiger partial charge >= 0.3 is 11.9 Å². The van der Waals surface area contributed by atoms with Crippen LogP contribution in [0.3, 0.4) is 0 Å². The summed E-state index contributed by atoms with van der Waals surface area (Å²) in [5, 5.41) is 0. The molecule has 0 spiro atoms. The van der Waals surface area contributed by atoms with Gasteiger partial charge in [0.2, 0.25) is 0 Å². The van der Waals surface area contributed by atoms with Gasteiger partial charge in [-0.05, 0) is 19.3 Å². The van der Waals surface area contributed by atoms with E-state index in [1.165, 1.54) is 33.3 Å². The van der Waals surface area contributed by atoms with Gasteiger partial charge in [-0.1, -0.05) is 51.4 Å². The third-order valence-corrected chi connectivity index (χ3v) is 5.27. The number of unbranched alkanes of at least 4 members (excludes halogenated alkanes) is 7. The number of ether oxygens (including phenoxy) is 2. The zero-order valence-corrected chi connectivity index (χ0v) is 17.8. The Bertz CT molecular complexity index is 557. The number of Topliss-reactive ketones (excluding diaryl/α,β-unsaturated/α-hetero) is 1. The van der Waals surface area contributed by atoms with Crippen molar-refractivity contribution >= 4 is 17.7 Å². The lowest BCUT2D eigenvalue weighted by Crippen LogP contribution is -2.23. The molecule has 1 fully saturated rings. The molecular weight excluding hydrogens is 356 g/mol. The van der Waals surface area contributed by atoms with Crippen molar-refractivity contribution < 1.29 is 23.9 Å². The standard InChI is InChI=1S/C23H36O5/c1-4-5-6-7-8-12-15-20-19(21(25)17-22(20)28-18(2)24)14-11-9-10-13-16-23(26)27-3/h19-20,22H,4-11,13-14,16-17H2,1-3H3/t19-,20-,22-/m1/s1. The van der Waals surface area contributed by atoms with Crippen LogP contribution in [-0.2, 0) is 23.9 Å². The number of methoxy groups -OCH3 is 1. The molecular formula is C23H36O5. The molecule has 0 aromatic carbocycles. The highest BCUT2D eigenvalue weighted by Crippen LogP contribution is 2.35. The quantitative estimate of drug-likeness (QED) is 0.275. The van der Waals surface area contributed by atoms with Crippen molar-refractivity contribution in [2.45, 2.75) is 97.0 Å². The Morgan fingerprint density at radius 3 is 2.46 bits per heavy atom. The molecule has 158 valence electrons. The first-order valence-corrected chi connectivity index (χ1v) is 10.7. The molecule has 3 atom stereocenters. The summed E-state index contributed by atoms with van der Waals surface area (Å²) in [6.45, 7) is 3.56. The SMILES string of the molecule is CCCCCCC#C[C@H]1[C@H](OC(C)=O)CC(=O)[C@@H]1CCCCCCC(=O)OC. The molecule has 0 N–H and O–H groups in total. The molecule has 1 aliphatic carbocycles. The van der Waals surface area contributed by atoms with Gasteiger partial charge in [0.25, 0.3) is 0 Å². The number of carbonyl (C=O) groups excluding carboxylic acids is 3. The van der Waals surface area contributed by atoms with Crippen molar-refractivity contribution in [1.29, 1.82) is 0 Å². The topological polar surface area (TPSA) is 69.7 Å². The Balaban J connectivity index is 2.52. The number of ketones is 1. The average Bonchev–Trinajstić information content (AvgIpc) is 2.94. The first-order chi connectivity index (χ1) is 13.5. The predicted molar refractivity (Wildman–Crippen MR) is 108 cm³/mol. The summed E-state index contributed by atoms with van der Waals surface area (Å²) in [4.78, 5) is 35.0. The molecule has 0 aromatic heterocycles. The minimum absolute atomic E-state index is 0.145. The van der Waals surface area contributed by atoms with Gasteiger partial charge in [-0.25, -0.2) is 0 Å². The van der Waals surface area contributed by atoms with Crippen LogP contribution >= 0.6 is 0 Å². The minimum atomic E-state index is -0.405. The van der Waals surface area contributed by atoms with Crippen molar-refractivity contribution in [1.82, 2.24) is 0 Å². The largest absolute Gasteiger partial charge is 0.469 e. The Morgan fingerprint density at radius 1 is 1.07 bits per heavy atom. The van der Waals surface area contributed by atoms with Gasteiger partial charge in [0.15, 0.2) is 0 Å². The van der Waals surface area contributed by atoms with Crippen LogP contribution in [0, 0.1) is 23.7 Å². The maximum Gasteiger partial charge on any atom is 0.305 e. The molecule has 1 saturated carbocycles. The summed E-state index contributed by atoms with van der Waals surface area (Å²) >= 11 is 0. The first-order valence-electron chi connectivity index (χ1n) is 10.7. The molecule has 0 aromatic rings. The van der Waals surface area contributed by atoms with Crippen LogP contribution in [0.5, 0.6) is 0 Å². The molecule has 0 heterocycles. The molecule has 0 amide bonds. The lowest BCUT2D eigenvalue weighted by atomic mass is 9.89. The van der Waals surface area contributed by atoms with E-state index in [0.29, 0.717) is 6.42 Å². The fourth-order valence-electron chi connectivity index (χ4n) is 3.72. The second kappa shape index (κ2) is 14.2. The van der Waals surface area contributed by atoms with E-state index in [1.807, 2.05) is 0 Å². The summed E-state index contributed by atoms with van der Waals surface area (Å²) in [6, 6.07) is 0. The van der Waals surface area contributed by atoms with Crippen LogP contribution in [0.1, 0.15) is 90.9 Å². The lowest BCUT2D eigenvalue weighted by Gasteiger charge is -2.18. The van der Waals surface area contributed by atoms with E-state index in [0.717, 1.165) is 44.9 Å². The van der Waals surface area contributed by atoms with Gasteiger partial charge in [-0.2, -0.15) is 0 Å². The smallest absolute Gasteiger partial charge is 0.305 e. The summed E-state index contributed by atoms with van der Waals surface area (Å²) in [7, 11) is 1.40. The highest BCUT2D eigenvalue weighted by Gasteiger charge is 2.42. The molecule has 0 saturated heterocycles. The molecule has 0 aliphatic heterocycles. The van der Waals surface area contributed by atoms with Crippen molar-refractivity contribution in [3.8, 4) is 11.8 Å². The molecule has 28 heavy (non-hydrogen) atoms. The van der Waals surface area contributed by atoms with Crippen molar-refractivity contribution in [2.75, 3.05) is 7.11 Å². The molecule has 1 aliphatic rings. The lowest BCUT2D eigenvalue weighted by molar-refractivity contribution is -0.147. The van der Waals surface area contributed by atoms with Crippen LogP contribution in [0.15, 0.2) is 0 Å². The van der Waals surface area contributed by atoms with E-state index in [1.54, 1.807) is 0 Å². The normalized spacial score (nSPS) is 21.1. The maximum absolute atomic E-state index is 12.5. The van der Waals surface area contributed by atoms with Gasteiger partial charge in [-0.3, -0.25) is 14.4 Å². The Labute approximate surface area is 169 Å².